The first-order valence-electron chi connectivity index (χ1n) is 6.26. The summed E-state index contributed by atoms with van der Waals surface area (Å²) in [5.41, 5.74) is 5.59. The van der Waals surface area contributed by atoms with Crippen molar-refractivity contribution in [3.05, 3.63) is 6.07 Å². The first kappa shape index (κ1) is 12.9. The number of aliphatic hydroxyl groups excluding tert-OH is 1. The molecular formula is C12H20N4O2. The third-order valence-corrected chi connectivity index (χ3v) is 3.53. The fourth-order valence-corrected chi connectivity index (χ4v) is 2.50. The number of hydrogen-bond acceptors (Lipinski definition) is 6. The molecule has 100 valence electrons. The minimum Gasteiger partial charge on any atom is -0.481 e. The van der Waals surface area contributed by atoms with E-state index in [2.05, 4.69) is 15.3 Å². The highest BCUT2D eigenvalue weighted by Crippen LogP contribution is 2.31. The van der Waals surface area contributed by atoms with Crippen molar-refractivity contribution < 1.29 is 9.84 Å². The van der Waals surface area contributed by atoms with Crippen molar-refractivity contribution in [3.8, 4) is 5.88 Å². The van der Waals surface area contributed by atoms with E-state index in [9.17, 15) is 5.11 Å². The molecule has 0 aliphatic heterocycles. The van der Waals surface area contributed by atoms with Gasteiger partial charge >= 0.3 is 0 Å². The number of nitrogens with one attached hydrogen (secondary N) is 1. The van der Waals surface area contributed by atoms with E-state index in [4.69, 9.17) is 10.5 Å². The Kier molecular flexibility index (Phi) is 4.19. The van der Waals surface area contributed by atoms with Crippen LogP contribution in [0.3, 0.4) is 0 Å². The van der Waals surface area contributed by atoms with Crippen LogP contribution < -0.4 is 15.8 Å². The van der Waals surface area contributed by atoms with Gasteiger partial charge in [-0.05, 0) is 24.7 Å². The van der Waals surface area contributed by atoms with Gasteiger partial charge in [0.1, 0.15) is 5.82 Å². The lowest BCUT2D eigenvalue weighted by Gasteiger charge is -2.18. The molecule has 6 heteroatoms. The molecule has 1 aliphatic carbocycles. The monoisotopic (exact) mass is 252 g/mol. The summed E-state index contributed by atoms with van der Waals surface area (Å²) in [6.45, 7) is 1.06. The Hall–Kier alpha value is -1.56. The number of anilines is 2. The maximum atomic E-state index is 9.27. The van der Waals surface area contributed by atoms with Crippen molar-refractivity contribution in [1.82, 2.24) is 9.97 Å². The van der Waals surface area contributed by atoms with Crippen LogP contribution in [0.4, 0.5) is 11.8 Å². The second kappa shape index (κ2) is 5.86. The summed E-state index contributed by atoms with van der Waals surface area (Å²) in [6.07, 6.45) is 3.45. The number of nitrogens with zero attached hydrogens (tertiary/aromatic N) is 2. The summed E-state index contributed by atoms with van der Waals surface area (Å²) in [6, 6.07) is 1.72. The first-order valence-corrected chi connectivity index (χ1v) is 6.26. The van der Waals surface area contributed by atoms with E-state index < -0.39 is 0 Å². The predicted molar refractivity (Wildman–Crippen MR) is 69.4 cm³/mol. The Bertz CT molecular complexity index is 400. The van der Waals surface area contributed by atoms with E-state index in [0.29, 0.717) is 23.5 Å². The fourth-order valence-electron chi connectivity index (χ4n) is 2.50. The standard InChI is InChI=1S/C12H20N4O2/c1-18-11-5-10(15-12(13)16-11)14-6-8-3-2-4-9(8)7-17/h5,8-9,17H,2-4,6-7H2,1H3,(H3,13,14,15,16). The van der Waals surface area contributed by atoms with Gasteiger partial charge in [0.25, 0.3) is 0 Å². The highest BCUT2D eigenvalue weighted by molar-refractivity contribution is 5.42. The SMILES string of the molecule is COc1cc(NCC2CCCC2CO)nc(N)n1. The molecule has 18 heavy (non-hydrogen) atoms. The number of rotatable bonds is 5. The molecular weight excluding hydrogens is 232 g/mol. The van der Waals surface area contributed by atoms with Crippen molar-refractivity contribution in [1.29, 1.82) is 0 Å². The van der Waals surface area contributed by atoms with Crippen LogP contribution in [0.1, 0.15) is 19.3 Å². The van der Waals surface area contributed by atoms with Crippen molar-refractivity contribution >= 4 is 11.8 Å². The average molecular weight is 252 g/mol. The molecule has 0 saturated heterocycles. The number of methoxy groups -OCH3 is 1. The largest absolute Gasteiger partial charge is 0.481 e. The number of hydrogen-bond donors (Lipinski definition) is 3. The van der Waals surface area contributed by atoms with Gasteiger partial charge in [-0.15, -0.1) is 0 Å². The summed E-state index contributed by atoms with van der Waals surface area (Å²) < 4.78 is 5.04. The Morgan fingerprint density at radius 3 is 2.94 bits per heavy atom. The van der Waals surface area contributed by atoms with E-state index in [1.807, 2.05) is 0 Å². The van der Waals surface area contributed by atoms with Crippen LogP contribution in [0, 0.1) is 11.8 Å². The molecule has 1 aromatic rings. The second-order valence-corrected chi connectivity index (χ2v) is 4.67. The van der Waals surface area contributed by atoms with Crippen molar-refractivity contribution in [2.75, 3.05) is 31.3 Å². The van der Waals surface area contributed by atoms with E-state index in [1.165, 1.54) is 6.42 Å². The number of aliphatic hydroxyl groups is 1. The zero-order valence-corrected chi connectivity index (χ0v) is 10.6. The Morgan fingerprint density at radius 2 is 2.22 bits per heavy atom. The van der Waals surface area contributed by atoms with Gasteiger partial charge in [-0.25, -0.2) is 0 Å². The Labute approximate surface area is 107 Å². The first-order chi connectivity index (χ1) is 8.72. The summed E-state index contributed by atoms with van der Waals surface area (Å²) in [5, 5.41) is 12.5. The molecule has 1 aromatic heterocycles. The molecule has 2 atom stereocenters. The number of nitrogen functional groups attached to an aromatic ring is 1. The number of ether oxygens (including phenoxy) is 1. The fraction of sp³-hybridized carbons (Fsp3) is 0.667. The molecule has 2 unspecified atom stereocenters. The van der Waals surface area contributed by atoms with Gasteiger partial charge in [0.15, 0.2) is 0 Å². The molecule has 1 saturated carbocycles. The summed E-state index contributed by atoms with van der Waals surface area (Å²) in [7, 11) is 1.55. The van der Waals surface area contributed by atoms with Gasteiger partial charge in [0, 0.05) is 19.2 Å². The maximum absolute atomic E-state index is 9.27. The molecule has 0 bridgehead atoms. The summed E-state index contributed by atoms with van der Waals surface area (Å²) in [5.74, 6) is 2.22. The molecule has 0 aromatic carbocycles. The van der Waals surface area contributed by atoms with Crippen LogP contribution in [-0.2, 0) is 0 Å². The minimum atomic E-state index is 0.196. The van der Waals surface area contributed by atoms with Crippen LogP contribution >= 0.6 is 0 Å². The zero-order chi connectivity index (χ0) is 13.0. The van der Waals surface area contributed by atoms with Crippen LogP contribution in [0.5, 0.6) is 5.88 Å². The highest BCUT2D eigenvalue weighted by atomic mass is 16.5. The molecule has 6 nitrogen and oxygen atoms in total. The van der Waals surface area contributed by atoms with Gasteiger partial charge in [-0.3, -0.25) is 0 Å². The van der Waals surface area contributed by atoms with Gasteiger partial charge in [0.2, 0.25) is 11.8 Å². The number of aromatic nitrogens is 2. The lowest BCUT2D eigenvalue weighted by Crippen LogP contribution is -2.21. The Balaban J connectivity index is 1.95. The molecule has 0 spiro atoms. The van der Waals surface area contributed by atoms with E-state index in [1.54, 1.807) is 13.2 Å². The van der Waals surface area contributed by atoms with Gasteiger partial charge < -0.3 is 20.9 Å². The van der Waals surface area contributed by atoms with Crippen LogP contribution in [0.15, 0.2) is 6.07 Å². The predicted octanol–water partition coefficient (Wildman–Crippen LogP) is 0.888. The van der Waals surface area contributed by atoms with E-state index in [-0.39, 0.29) is 12.6 Å². The van der Waals surface area contributed by atoms with Gasteiger partial charge in [0.05, 0.1) is 7.11 Å². The molecule has 4 N–H and O–H groups in total. The highest BCUT2D eigenvalue weighted by Gasteiger charge is 2.26. The molecule has 1 aliphatic rings. The molecule has 2 rings (SSSR count). The topological polar surface area (TPSA) is 93.3 Å². The van der Waals surface area contributed by atoms with Crippen LogP contribution in [0.25, 0.3) is 0 Å². The quantitative estimate of drug-likeness (QED) is 0.720. The van der Waals surface area contributed by atoms with E-state index in [0.717, 1.165) is 19.4 Å². The zero-order valence-electron chi connectivity index (χ0n) is 10.6. The third kappa shape index (κ3) is 3.01. The van der Waals surface area contributed by atoms with Crippen molar-refractivity contribution in [2.24, 2.45) is 11.8 Å². The molecule has 0 amide bonds. The third-order valence-electron chi connectivity index (χ3n) is 3.53. The minimum absolute atomic E-state index is 0.196. The van der Waals surface area contributed by atoms with Crippen molar-refractivity contribution in [2.45, 2.75) is 19.3 Å². The Morgan fingerprint density at radius 1 is 1.44 bits per heavy atom. The lowest BCUT2D eigenvalue weighted by atomic mass is 9.97. The smallest absolute Gasteiger partial charge is 0.225 e. The van der Waals surface area contributed by atoms with E-state index >= 15 is 0 Å². The molecule has 1 heterocycles. The molecule has 1 fully saturated rings. The van der Waals surface area contributed by atoms with Crippen molar-refractivity contribution in [3.63, 3.8) is 0 Å². The normalized spacial score (nSPS) is 23.0. The van der Waals surface area contributed by atoms with Crippen LogP contribution in [0.2, 0.25) is 0 Å². The maximum Gasteiger partial charge on any atom is 0.225 e. The second-order valence-electron chi connectivity index (χ2n) is 4.67. The van der Waals surface area contributed by atoms with Crippen LogP contribution in [-0.4, -0.2) is 35.3 Å². The van der Waals surface area contributed by atoms with Gasteiger partial charge in [-0.2, -0.15) is 9.97 Å². The molecule has 0 radical (unpaired) electrons. The summed E-state index contributed by atoms with van der Waals surface area (Å²) in [4.78, 5) is 8.03. The number of nitrogens with two attached hydrogens (primary N) is 1. The average Bonchev–Trinajstić information content (AvgIpc) is 2.83. The van der Waals surface area contributed by atoms with Gasteiger partial charge in [-0.1, -0.05) is 6.42 Å². The summed E-state index contributed by atoms with van der Waals surface area (Å²) >= 11 is 0. The lowest BCUT2D eigenvalue weighted by molar-refractivity contribution is 0.199.